The summed E-state index contributed by atoms with van der Waals surface area (Å²) in [6.45, 7) is 8.70. The van der Waals surface area contributed by atoms with Crippen LogP contribution in [0.4, 0.5) is 0 Å². The van der Waals surface area contributed by atoms with Crippen molar-refractivity contribution >= 4 is 27.1 Å². The largest absolute Gasteiger partial charge is 0.480 e. The zero-order valence-electron chi connectivity index (χ0n) is 12.0. The van der Waals surface area contributed by atoms with Crippen molar-refractivity contribution in [3.63, 3.8) is 0 Å². The first kappa shape index (κ1) is 17.5. The van der Waals surface area contributed by atoms with Gasteiger partial charge in [-0.1, -0.05) is 27.7 Å². The van der Waals surface area contributed by atoms with Gasteiger partial charge in [0.25, 0.3) is 0 Å². The van der Waals surface area contributed by atoms with Gasteiger partial charge in [0, 0.05) is 20.3 Å². The summed E-state index contributed by atoms with van der Waals surface area (Å²) >= 11 is 0. The van der Waals surface area contributed by atoms with Crippen molar-refractivity contribution in [2.45, 2.75) is 51.9 Å². The lowest BCUT2D eigenvalue weighted by Crippen LogP contribution is -2.54. The lowest BCUT2D eigenvalue weighted by Gasteiger charge is -2.37. The number of hydrogen-bond donors (Lipinski definition) is 0. The van der Waals surface area contributed by atoms with Gasteiger partial charge in [0.15, 0.2) is 8.32 Å². The predicted molar refractivity (Wildman–Crippen MR) is 75.4 cm³/mol. The average molecular weight is 295 g/mol. The Morgan fingerprint density at radius 1 is 0.882 bits per heavy atom. The topological polar surface area (TPSA) is 36.9 Å². The second-order valence-corrected chi connectivity index (χ2v) is 13.2. The van der Waals surface area contributed by atoms with Crippen LogP contribution in [0.5, 0.6) is 0 Å². The van der Waals surface area contributed by atoms with Crippen molar-refractivity contribution in [3.8, 4) is 0 Å². The first-order chi connectivity index (χ1) is 8.07. The van der Waals surface area contributed by atoms with Gasteiger partial charge in [0.2, 0.25) is 0 Å². The van der Waals surface area contributed by atoms with E-state index in [4.69, 9.17) is 17.1 Å². The zero-order valence-corrected chi connectivity index (χ0v) is 15.0. The molecular weight excluding hydrogens is 268 g/mol. The Morgan fingerprint density at radius 3 is 1.71 bits per heavy atom. The molecule has 0 aromatic rings. The Balaban J connectivity index is 4.81. The van der Waals surface area contributed by atoms with Crippen LogP contribution in [0.15, 0.2) is 0 Å². The van der Waals surface area contributed by atoms with E-state index in [-0.39, 0.29) is 10.0 Å². The van der Waals surface area contributed by atoms with Gasteiger partial charge in [-0.3, -0.25) is 0 Å². The molecule has 0 bridgehead atoms. The molecule has 0 saturated carbocycles. The molecule has 2 radical (unpaired) electrons. The maximum atomic E-state index is 6.43. The second-order valence-electron chi connectivity index (χ2n) is 3.98. The van der Waals surface area contributed by atoms with Gasteiger partial charge < -0.3 is 17.1 Å². The summed E-state index contributed by atoms with van der Waals surface area (Å²) in [4.78, 5) is 0. The minimum atomic E-state index is -2.51. The van der Waals surface area contributed by atoms with Crippen LogP contribution in [0.25, 0.3) is 0 Å². The lowest BCUT2D eigenvalue weighted by atomic mass is 10.9. The molecule has 4 nitrogen and oxygen atoms in total. The minimum Gasteiger partial charge on any atom is -0.416 e. The minimum absolute atomic E-state index is 0.00397. The first-order valence-electron chi connectivity index (χ1n) is 6.28. The molecule has 0 aromatic heterocycles. The standard InChI is InChI=1S/C10H26O4Si3/c1-7-16(8-2,9-3)14-17(10-4,12-6)13-15-11-5/h7-10H2,1-6H3. The van der Waals surface area contributed by atoms with Crippen LogP contribution in [0, 0.1) is 0 Å². The van der Waals surface area contributed by atoms with E-state index in [0.717, 1.165) is 24.2 Å². The number of hydrogen-bond acceptors (Lipinski definition) is 4. The molecular formula is C10H26O4Si3. The van der Waals surface area contributed by atoms with Crippen LogP contribution in [0.2, 0.25) is 24.2 Å². The van der Waals surface area contributed by atoms with Crippen molar-refractivity contribution in [1.82, 2.24) is 0 Å². The van der Waals surface area contributed by atoms with Crippen LogP contribution < -0.4 is 0 Å². The molecule has 0 heterocycles. The average Bonchev–Trinajstić information content (AvgIpc) is 2.41. The highest BCUT2D eigenvalue weighted by Gasteiger charge is 2.45. The summed E-state index contributed by atoms with van der Waals surface area (Å²) in [7, 11) is -0.871. The van der Waals surface area contributed by atoms with Crippen molar-refractivity contribution in [2.24, 2.45) is 0 Å². The van der Waals surface area contributed by atoms with Crippen molar-refractivity contribution in [1.29, 1.82) is 0 Å². The molecule has 0 amide bonds. The third-order valence-corrected chi connectivity index (χ3v) is 13.4. The van der Waals surface area contributed by atoms with E-state index in [2.05, 4.69) is 27.7 Å². The molecule has 0 N–H and O–H groups in total. The molecule has 102 valence electrons. The van der Waals surface area contributed by atoms with Crippen LogP contribution in [-0.4, -0.2) is 41.3 Å². The Bertz CT molecular complexity index is 188. The fraction of sp³-hybridized carbons (Fsp3) is 1.00. The zero-order chi connectivity index (χ0) is 13.4. The Labute approximate surface area is 111 Å². The normalized spacial score (nSPS) is 15.9. The summed E-state index contributed by atoms with van der Waals surface area (Å²) in [6.07, 6.45) is 0. The molecule has 0 fully saturated rings. The van der Waals surface area contributed by atoms with Crippen LogP contribution in [0.1, 0.15) is 27.7 Å². The third-order valence-electron chi connectivity index (χ3n) is 3.33. The van der Waals surface area contributed by atoms with Gasteiger partial charge in [0.1, 0.15) is 0 Å². The molecule has 0 aliphatic heterocycles. The summed E-state index contributed by atoms with van der Waals surface area (Å²) in [5.41, 5.74) is 0. The van der Waals surface area contributed by atoms with Crippen molar-refractivity contribution in [2.75, 3.05) is 14.2 Å². The van der Waals surface area contributed by atoms with Crippen LogP contribution in [-0.2, 0) is 17.1 Å². The summed E-state index contributed by atoms with van der Waals surface area (Å²) in [6, 6.07) is 4.13. The highest BCUT2D eigenvalue weighted by molar-refractivity contribution is 6.83. The Morgan fingerprint density at radius 2 is 1.41 bits per heavy atom. The second kappa shape index (κ2) is 8.57. The smallest absolute Gasteiger partial charge is 0.416 e. The van der Waals surface area contributed by atoms with E-state index in [1.54, 1.807) is 14.2 Å². The van der Waals surface area contributed by atoms with E-state index in [1.165, 1.54) is 0 Å². The van der Waals surface area contributed by atoms with E-state index >= 15 is 0 Å². The van der Waals surface area contributed by atoms with E-state index in [1.807, 2.05) is 0 Å². The third kappa shape index (κ3) is 4.93. The van der Waals surface area contributed by atoms with Crippen molar-refractivity contribution < 1.29 is 17.1 Å². The molecule has 1 atom stereocenters. The Kier molecular flexibility index (Phi) is 8.82. The quantitative estimate of drug-likeness (QED) is 0.581. The maximum Gasteiger partial charge on any atom is 0.480 e. The molecule has 0 aliphatic rings. The predicted octanol–water partition coefficient (Wildman–Crippen LogP) is 2.81. The fourth-order valence-corrected chi connectivity index (χ4v) is 11.2. The summed E-state index contributed by atoms with van der Waals surface area (Å²) in [5, 5.41) is 0. The van der Waals surface area contributed by atoms with Gasteiger partial charge in [-0.25, -0.2) is 0 Å². The number of rotatable bonds is 10. The molecule has 17 heavy (non-hydrogen) atoms. The van der Waals surface area contributed by atoms with E-state index in [9.17, 15) is 0 Å². The van der Waals surface area contributed by atoms with Gasteiger partial charge >= 0.3 is 18.8 Å². The molecule has 7 heteroatoms. The highest BCUT2D eigenvalue weighted by Crippen LogP contribution is 2.28. The fourth-order valence-electron chi connectivity index (χ4n) is 1.79. The summed E-state index contributed by atoms with van der Waals surface area (Å²) < 4.78 is 22.8. The van der Waals surface area contributed by atoms with Gasteiger partial charge in [-0.15, -0.1) is 0 Å². The molecule has 0 aromatic carbocycles. The van der Waals surface area contributed by atoms with Gasteiger partial charge in [-0.05, 0) is 18.1 Å². The van der Waals surface area contributed by atoms with E-state index in [0.29, 0.717) is 0 Å². The van der Waals surface area contributed by atoms with Gasteiger partial charge in [0.05, 0.1) is 0 Å². The van der Waals surface area contributed by atoms with Crippen LogP contribution in [0.3, 0.4) is 0 Å². The van der Waals surface area contributed by atoms with E-state index < -0.39 is 17.1 Å². The maximum absolute atomic E-state index is 6.43. The molecule has 0 rings (SSSR count). The highest BCUT2D eigenvalue weighted by atomic mass is 28.5. The molecule has 0 saturated heterocycles. The summed E-state index contributed by atoms with van der Waals surface area (Å²) in [5.74, 6) is 0. The molecule has 0 aliphatic carbocycles. The van der Waals surface area contributed by atoms with Crippen LogP contribution >= 0.6 is 0 Å². The van der Waals surface area contributed by atoms with Gasteiger partial charge in [-0.2, -0.15) is 0 Å². The monoisotopic (exact) mass is 294 g/mol. The van der Waals surface area contributed by atoms with Crippen molar-refractivity contribution in [3.05, 3.63) is 0 Å². The molecule has 0 spiro atoms. The SMILES string of the molecule is CC[Si](CC)(CC)O[Si](CC)(OC)O[Si]OC. The first-order valence-corrected chi connectivity index (χ1v) is 11.6. The molecule has 1 unspecified atom stereocenters. The lowest BCUT2D eigenvalue weighted by molar-refractivity contribution is 0.187. The Hall–Kier alpha value is 0.491.